The fourth-order valence-electron chi connectivity index (χ4n) is 2.43. The standard InChI is InChI=1S/C19H17N5O2/c1-26-12-11-23(16-9-7-15(13-20)8-10-16)19(25)18-14-21-24(22-18)17-5-3-2-4-6-17/h2-10,14H,11-12H2,1H3. The second-order valence-corrected chi connectivity index (χ2v) is 5.46. The van der Waals surface area contributed by atoms with Crippen molar-refractivity contribution in [3.63, 3.8) is 0 Å². The van der Waals surface area contributed by atoms with Gasteiger partial charge in [0.15, 0.2) is 5.69 Å². The van der Waals surface area contributed by atoms with Gasteiger partial charge < -0.3 is 9.64 Å². The Hall–Kier alpha value is -3.50. The summed E-state index contributed by atoms with van der Waals surface area (Å²) >= 11 is 0. The van der Waals surface area contributed by atoms with E-state index in [9.17, 15) is 4.79 Å². The minimum absolute atomic E-state index is 0.231. The van der Waals surface area contributed by atoms with Crippen LogP contribution < -0.4 is 4.90 Å². The Labute approximate surface area is 151 Å². The van der Waals surface area contributed by atoms with E-state index in [1.54, 1.807) is 36.3 Å². The summed E-state index contributed by atoms with van der Waals surface area (Å²) in [5.41, 5.74) is 2.20. The van der Waals surface area contributed by atoms with Gasteiger partial charge in [-0.25, -0.2) is 0 Å². The molecule has 0 aliphatic heterocycles. The summed E-state index contributed by atoms with van der Waals surface area (Å²) in [5.74, 6) is -0.283. The molecule has 1 aromatic heterocycles. The molecule has 0 aliphatic rings. The van der Waals surface area contributed by atoms with Crippen molar-refractivity contribution in [3.8, 4) is 11.8 Å². The average Bonchev–Trinajstić information content (AvgIpc) is 3.19. The van der Waals surface area contributed by atoms with Crippen LogP contribution in [0.15, 0.2) is 60.8 Å². The number of hydrogen-bond acceptors (Lipinski definition) is 5. The molecule has 0 saturated heterocycles. The maximum Gasteiger partial charge on any atom is 0.280 e. The van der Waals surface area contributed by atoms with Crippen molar-refractivity contribution in [1.82, 2.24) is 15.0 Å². The third-order valence-electron chi connectivity index (χ3n) is 3.77. The Morgan fingerprint density at radius 3 is 2.58 bits per heavy atom. The van der Waals surface area contributed by atoms with Crippen molar-refractivity contribution in [2.75, 3.05) is 25.2 Å². The number of rotatable bonds is 6. The molecule has 3 rings (SSSR count). The van der Waals surface area contributed by atoms with Gasteiger partial charge in [-0.15, -0.1) is 5.10 Å². The number of benzene rings is 2. The maximum absolute atomic E-state index is 12.9. The van der Waals surface area contributed by atoms with E-state index in [0.29, 0.717) is 24.4 Å². The van der Waals surface area contributed by atoms with Gasteiger partial charge in [0, 0.05) is 19.3 Å². The van der Waals surface area contributed by atoms with E-state index in [4.69, 9.17) is 10.00 Å². The minimum Gasteiger partial charge on any atom is -0.383 e. The van der Waals surface area contributed by atoms with Crippen LogP contribution in [0.25, 0.3) is 5.69 Å². The molecule has 3 aromatic rings. The molecular formula is C19H17N5O2. The molecule has 0 aliphatic carbocycles. The molecule has 1 amide bonds. The zero-order chi connectivity index (χ0) is 18.4. The molecule has 7 nitrogen and oxygen atoms in total. The van der Waals surface area contributed by atoms with Gasteiger partial charge in [0.2, 0.25) is 0 Å². The molecule has 2 aromatic carbocycles. The molecule has 1 heterocycles. The molecule has 0 unspecified atom stereocenters. The van der Waals surface area contributed by atoms with Crippen LogP contribution in [0.2, 0.25) is 0 Å². The zero-order valence-electron chi connectivity index (χ0n) is 14.2. The number of nitrogens with zero attached hydrogens (tertiary/aromatic N) is 5. The van der Waals surface area contributed by atoms with Gasteiger partial charge in [-0.05, 0) is 36.4 Å². The predicted molar refractivity (Wildman–Crippen MR) is 96.1 cm³/mol. The zero-order valence-corrected chi connectivity index (χ0v) is 14.2. The van der Waals surface area contributed by atoms with Gasteiger partial charge in [0.25, 0.3) is 5.91 Å². The van der Waals surface area contributed by atoms with Crippen LogP contribution in [-0.2, 0) is 4.74 Å². The average molecular weight is 347 g/mol. The SMILES string of the molecule is COCCN(C(=O)c1cnn(-c2ccccc2)n1)c1ccc(C#N)cc1. The lowest BCUT2D eigenvalue weighted by Crippen LogP contribution is -2.34. The summed E-state index contributed by atoms with van der Waals surface area (Å²) in [4.78, 5) is 15.9. The number of anilines is 1. The molecule has 26 heavy (non-hydrogen) atoms. The van der Waals surface area contributed by atoms with Gasteiger partial charge in [0.05, 0.1) is 30.1 Å². The van der Waals surface area contributed by atoms with E-state index in [1.165, 1.54) is 11.0 Å². The van der Waals surface area contributed by atoms with E-state index in [0.717, 1.165) is 5.69 Å². The van der Waals surface area contributed by atoms with E-state index >= 15 is 0 Å². The molecular weight excluding hydrogens is 330 g/mol. The van der Waals surface area contributed by atoms with E-state index in [2.05, 4.69) is 16.3 Å². The van der Waals surface area contributed by atoms with Crippen molar-refractivity contribution in [2.45, 2.75) is 0 Å². The Morgan fingerprint density at radius 1 is 1.19 bits per heavy atom. The lowest BCUT2D eigenvalue weighted by atomic mass is 10.2. The Balaban J connectivity index is 1.87. The van der Waals surface area contributed by atoms with Crippen molar-refractivity contribution >= 4 is 11.6 Å². The first-order valence-electron chi connectivity index (χ1n) is 8.01. The third-order valence-corrected chi connectivity index (χ3v) is 3.77. The first-order valence-corrected chi connectivity index (χ1v) is 8.01. The summed E-state index contributed by atoms with van der Waals surface area (Å²) in [7, 11) is 1.58. The van der Waals surface area contributed by atoms with Gasteiger partial charge in [-0.1, -0.05) is 18.2 Å². The van der Waals surface area contributed by atoms with E-state index in [-0.39, 0.29) is 11.6 Å². The van der Waals surface area contributed by atoms with Gasteiger partial charge in [-0.3, -0.25) is 4.79 Å². The molecule has 130 valence electrons. The Morgan fingerprint density at radius 2 is 1.92 bits per heavy atom. The Kier molecular flexibility index (Phi) is 5.37. The smallest absolute Gasteiger partial charge is 0.280 e. The number of amides is 1. The van der Waals surface area contributed by atoms with Crippen LogP contribution in [0.4, 0.5) is 5.69 Å². The highest BCUT2D eigenvalue weighted by Gasteiger charge is 2.21. The second kappa shape index (κ2) is 8.05. The van der Waals surface area contributed by atoms with E-state index in [1.807, 2.05) is 30.3 Å². The highest BCUT2D eigenvalue weighted by molar-refractivity contribution is 6.04. The number of ether oxygens (including phenoxy) is 1. The molecule has 0 spiro atoms. The van der Waals surface area contributed by atoms with Crippen LogP contribution in [0.5, 0.6) is 0 Å². The fraction of sp³-hybridized carbons (Fsp3) is 0.158. The quantitative estimate of drug-likeness (QED) is 0.684. The Bertz CT molecular complexity index is 913. The molecule has 7 heteroatoms. The van der Waals surface area contributed by atoms with Crippen molar-refractivity contribution in [1.29, 1.82) is 5.26 Å². The van der Waals surface area contributed by atoms with Crippen LogP contribution >= 0.6 is 0 Å². The van der Waals surface area contributed by atoms with Crippen molar-refractivity contribution in [3.05, 3.63) is 72.1 Å². The number of carbonyl (C=O) groups is 1. The summed E-state index contributed by atoms with van der Waals surface area (Å²) in [6, 6.07) is 18.2. The molecule has 0 bridgehead atoms. The fourth-order valence-corrected chi connectivity index (χ4v) is 2.43. The number of aromatic nitrogens is 3. The summed E-state index contributed by atoms with van der Waals surface area (Å²) in [6.45, 7) is 0.734. The van der Waals surface area contributed by atoms with Crippen LogP contribution in [0.1, 0.15) is 16.1 Å². The summed E-state index contributed by atoms with van der Waals surface area (Å²) in [5, 5.41) is 17.4. The molecule has 0 radical (unpaired) electrons. The van der Waals surface area contributed by atoms with Gasteiger partial charge in [-0.2, -0.15) is 15.2 Å². The molecule has 0 saturated carbocycles. The highest BCUT2D eigenvalue weighted by Crippen LogP contribution is 2.17. The summed E-state index contributed by atoms with van der Waals surface area (Å²) in [6.07, 6.45) is 1.44. The number of methoxy groups -OCH3 is 1. The van der Waals surface area contributed by atoms with Crippen LogP contribution in [0, 0.1) is 11.3 Å². The predicted octanol–water partition coefficient (Wildman–Crippen LogP) is 2.43. The van der Waals surface area contributed by atoms with E-state index < -0.39 is 0 Å². The number of para-hydroxylation sites is 1. The van der Waals surface area contributed by atoms with Crippen LogP contribution in [0.3, 0.4) is 0 Å². The minimum atomic E-state index is -0.283. The number of hydrogen-bond donors (Lipinski definition) is 0. The molecule has 0 atom stereocenters. The lowest BCUT2D eigenvalue weighted by molar-refractivity contribution is 0.0970. The van der Waals surface area contributed by atoms with Crippen molar-refractivity contribution in [2.24, 2.45) is 0 Å². The molecule has 0 fully saturated rings. The van der Waals surface area contributed by atoms with Gasteiger partial charge >= 0.3 is 0 Å². The van der Waals surface area contributed by atoms with Crippen molar-refractivity contribution < 1.29 is 9.53 Å². The molecule has 0 N–H and O–H groups in total. The van der Waals surface area contributed by atoms with Gasteiger partial charge in [0.1, 0.15) is 0 Å². The third kappa shape index (κ3) is 3.77. The number of nitriles is 1. The van der Waals surface area contributed by atoms with Crippen LogP contribution in [-0.4, -0.2) is 41.2 Å². The normalized spacial score (nSPS) is 10.3. The monoisotopic (exact) mass is 347 g/mol. The summed E-state index contributed by atoms with van der Waals surface area (Å²) < 4.78 is 5.11. The number of carbonyl (C=O) groups excluding carboxylic acids is 1. The first kappa shape index (κ1) is 17.3. The first-order chi connectivity index (χ1) is 12.7. The lowest BCUT2D eigenvalue weighted by Gasteiger charge is -2.21. The maximum atomic E-state index is 12.9. The topological polar surface area (TPSA) is 84.0 Å². The second-order valence-electron chi connectivity index (χ2n) is 5.46. The largest absolute Gasteiger partial charge is 0.383 e. The highest BCUT2D eigenvalue weighted by atomic mass is 16.5.